The molecule has 1 fully saturated rings. The highest BCUT2D eigenvalue weighted by molar-refractivity contribution is 14.1. The molecule has 1 rings (SSSR count). The van der Waals surface area contributed by atoms with Gasteiger partial charge in [-0.1, -0.05) is 49.3 Å². The molecule has 0 saturated heterocycles. The largest absolute Gasteiger partial charge is 0.462 e. The Kier molecular flexibility index (Phi) is 6.08. The molecule has 0 bridgehead atoms. The maximum atomic E-state index is 11.1. The fourth-order valence-corrected chi connectivity index (χ4v) is 4.17. The summed E-state index contributed by atoms with van der Waals surface area (Å²) in [6, 6.07) is 0. The molecule has 0 aliphatic heterocycles. The molecule has 0 aromatic rings. The lowest BCUT2D eigenvalue weighted by Gasteiger charge is -2.38. The molecule has 2 nitrogen and oxygen atoms in total. The first-order valence-corrected chi connectivity index (χ1v) is 7.60. The zero-order valence-electron chi connectivity index (χ0n) is 10.5. The molecule has 16 heavy (non-hydrogen) atoms. The van der Waals surface area contributed by atoms with Crippen molar-refractivity contribution in [1.29, 1.82) is 0 Å². The molecule has 0 radical (unpaired) electrons. The summed E-state index contributed by atoms with van der Waals surface area (Å²) < 4.78 is 6.27. The van der Waals surface area contributed by atoms with Gasteiger partial charge in [0.2, 0.25) is 0 Å². The Morgan fingerprint density at radius 3 is 2.69 bits per heavy atom. The van der Waals surface area contributed by atoms with Crippen molar-refractivity contribution in [3.8, 4) is 0 Å². The minimum Gasteiger partial charge on any atom is -0.462 e. The van der Waals surface area contributed by atoms with Gasteiger partial charge in [0.15, 0.2) is 0 Å². The number of carbonyl (C=O) groups is 1. The van der Waals surface area contributed by atoms with Crippen molar-refractivity contribution in [3.63, 3.8) is 0 Å². The second-order valence-corrected chi connectivity index (χ2v) is 6.78. The van der Waals surface area contributed by atoms with Crippen LogP contribution in [0, 0.1) is 11.8 Å². The Hall–Kier alpha value is 0.200. The molecular weight excluding hydrogens is 315 g/mol. The molecule has 94 valence electrons. The molecular formula is C13H23IO2. The van der Waals surface area contributed by atoms with Gasteiger partial charge in [0.05, 0.1) is 0 Å². The summed E-state index contributed by atoms with van der Waals surface area (Å²) in [7, 11) is 0. The van der Waals surface area contributed by atoms with Crippen LogP contribution in [0.1, 0.15) is 52.9 Å². The topological polar surface area (TPSA) is 26.3 Å². The first kappa shape index (κ1) is 14.3. The third kappa shape index (κ3) is 4.22. The zero-order valence-corrected chi connectivity index (χ0v) is 12.7. The van der Waals surface area contributed by atoms with E-state index >= 15 is 0 Å². The van der Waals surface area contributed by atoms with Crippen LogP contribution in [0.25, 0.3) is 0 Å². The van der Waals surface area contributed by atoms with E-state index in [1.54, 1.807) is 0 Å². The zero-order chi connectivity index (χ0) is 12.1. The highest BCUT2D eigenvalue weighted by Crippen LogP contribution is 2.38. The average molecular weight is 338 g/mol. The maximum Gasteiger partial charge on any atom is 0.302 e. The summed E-state index contributed by atoms with van der Waals surface area (Å²) in [6.07, 6.45) is 6.24. The van der Waals surface area contributed by atoms with Crippen molar-refractivity contribution in [2.75, 3.05) is 0 Å². The maximum absolute atomic E-state index is 11.1. The number of halogens is 1. The predicted molar refractivity (Wildman–Crippen MR) is 74.8 cm³/mol. The molecule has 0 spiro atoms. The number of ether oxygens (including phenoxy) is 1. The highest BCUT2D eigenvalue weighted by atomic mass is 127. The van der Waals surface area contributed by atoms with Crippen LogP contribution >= 0.6 is 22.6 Å². The summed E-state index contributed by atoms with van der Waals surface area (Å²) in [4.78, 5) is 11.1. The van der Waals surface area contributed by atoms with Gasteiger partial charge in [-0.3, -0.25) is 4.79 Å². The summed E-state index contributed by atoms with van der Waals surface area (Å²) >= 11 is 2.54. The standard InChI is InChI=1S/C13H23IO2/c1-4-5-6-11-8-12(14)7-9(2)13(11)16-10(3)15/h9,11-13H,4-8H2,1-3H3. The van der Waals surface area contributed by atoms with Gasteiger partial charge >= 0.3 is 5.97 Å². The SMILES string of the molecule is CCCCC1CC(I)CC(C)C1OC(C)=O. The van der Waals surface area contributed by atoms with E-state index in [2.05, 4.69) is 36.4 Å². The van der Waals surface area contributed by atoms with Crippen LogP contribution in [0.5, 0.6) is 0 Å². The molecule has 0 N–H and O–H groups in total. The smallest absolute Gasteiger partial charge is 0.302 e. The molecule has 1 saturated carbocycles. The van der Waals surface area contributed by atoms with Crippen LogP contribution in [0.4, 0.5) is 0 Å². The average Bonchev–Trinajstić information content (AvgIpc) is 2.19. The summed E-state index contributed by atoms with van der Waals surface area (Å²) in [5.41, 5.74) is 0. The van der Waals surface area contributed by atoms with E-state index in [1.165, 1.54) is 39.0 Å². The van der Waals surface area contributed by atoms with Crippen molar-refractivity contribution in [3.05, 3.63) is 0 Å². The quantitative estimate of drug-likeness (QED) is 0.441. The highest BCUT2D eigenvalue weighted by Gasteiger charge is 2.36. The van der Waals surface area contributed by atoms with Crippen molar-refractivity contribution in [2.24, 2.45) is 11.8 Å². The molecule has 4 atom stereocenters. The third-order valence-corrected chi connectivity index (χ3v) is 4.46. The van der Waals surface area contributed by atoms with E-state index in [9.17, 15) is 4.79 Å². The van der Waals surface area contributed by atoms with Gasteiger partial charge in [0.1, 0.15) is 6.10 Å². The lowest BCUT2D eigenvalue weighted by molar-refractivity contribution is -0.154. The van der Waals surface area contributed by atoms with Crippen LogP contribution in [0.15, 0.2) is 0 Å². The fourth-order valence-electron chi connectivity index (χ4n) is 2.71. The van der Waals surface area contributed by atoms with E-state index in [4.69, 9.17) is 4.74 Å². The Morgan fingerprint density at radius 1 is 1.44 bits per heavy atom. The molecule has 0 aromatic carbocycles. The number of esters is 1. The van der Waals surface area contributed by atoms with Crippen LogP contribution in [0.3, 0.4) is 0 Å². The summed E-state index contributed by atoms with van der Waals surface area (Å²) in [5, 5.41) is 0. The van der Waals surface area contributed by atoms with Gasteiger partial charge in [-0.2, -0.15) is 0 Å². The van der Waals surface area contributed by atoms with Crippen molar-refractivity contribution in [1.82, 2.24) is 0 Å². The molecule has 1 aliphatic rings. The Balaban J connectivity index is 2.60. The monoisotopic (exact) mass is 338 g/mol. The predicted octanol–water partition coefficient (Wildman–Crippen LogP) is 3.96. The molecule has 1 aliphatic carbocycles. The molecule has 0 amide bonds. The van der Waals surface area contributed by atoms with Crippen LogP contribution < -0.4 is 0 Å². The number of unbranched alkanes of at least 4 members (excludes halogenated alkanes) is 1. The number of rotatable bonds is 4. The second kappa shape index (κ2) is 6.82. The van der Waals surface area contributed by atoms with Crippen molar-refractivity contribution < 1.29 is 9.53 Å². The van der Waals surface area contributed by atoms with Crippen LogP contribution in [-0.4, -0.2) is 16.0 Å². The lowest BCUT2D eigenvalue weighted by Crippen LogP contribution is -2.39. The van der Waals surface area contributed by atoms with Gasteiger partial charge in [-0.15, -0.1) is 0 Å². The molecule has 3 heteroatoms. The van der Waals surface area contributed by atoms with E-state index in [-0.39, 0.29) is 12.1 Å². The van der Waals surface area contributed by atoms with Crippen molar-refractivity contribution >= 4 is 28.6 Å². The Labute approximate surface area is 113 Å². The van der Waals surface area contributed by atoms with Gasteiger partial charge in [0.25, 0.3) is 0 Å². The van der Waals surface area contributed by atoms with Crippen LogP contribution in [-0.2, 0) is 9.53 Å². The Morgan fingerprint density at radius 2 is 2.12 bits per heavy atom. The number of carbonyl (C=O) groups excluding carboxylic acids is 1. The second-order valence-electron chi connectivity index (χ2n) is 5.02. The van der Waals surface area contributed by atoms with E-state index in [1.807, 2.05) is 0 Å². The number of hydrogen-bond donors (Lipinski definition) is 0. The van der Waals surface area contributed by atoms with Gasteiger partial charge < -0.3 is 4.74 Å². The number of alkyl halides is 1. The van der Waals surface area contributed by atoms with Gasteiger partial charge in [0, 0.05) is 10.8 Å². The summed E-state index contributed by atoms with van der Waals surface area (Å²) in [5.74, 6) is 0.973. The minimum atomic E-state index is -0.120. The van der Waals surface area contributed by atoms with E-state index in [0.717, 1.165) is 3.92 Å². The van der Waals surface area contributed by atoms with Gasteiger partial charge in [-0.25, -0.2) is 0 Å². The Bertz CT molecular complexity index is 230. The van der Waals surface area contributed by atoms with Gasteiger partial charge in [-0.05, 0) is 31.1 Å². The molecule has 4 unspecified atom stereocenters. The van der Waals surface area contributed by atoms with E-state index < -0.39 is 0 Å². The van der Waals surface area contributed by atoms with Crippen LogP contribution in [0.2, 0.25) is 0 Å². The fraction of sp³-hybridized carbons (Fsp3) is 0.923. The van der Waals surface area contributed by atoms with E-state index in [0.29, 0.717) is 11.8 Å². The first-order valence-electron chi connectivity index (χ1n) is 6.35. The molecule has 0 aromatic heterocycles. The minimum absolute atomic E-state index is 0.120. The third-order valence-electron chi connectivity index (χ3n) is 3.44. The summed E-state index contributed by atoms with van der Waals surface area (Å²) in [6.45, 7) is 5.96. The molecule has 0 heterocycles. The van der Waals surface area contributed by atoms with Crippen molar-refractivity contribution in [2.45, 2.75) is 62.9 Å². The number of hydrogen-bond acceptors (Lipinski definition) is 2. The first-order chi connectivity index (χ1) is 7.54. The normalized spacial score (nSPS) is 34.8. The lowest BCUT2D eigenvalue weighted by atomic mass is 9.77.